The minimum atomic E-state index is 0.0698. The number of benzene rings is 5. The summed E-state index contributed by atoms with van der Waals surface area (Å²) in [5.74, 6) is 0. The number of fused-ring (bicyclic) bond motifs is 14. The van der Waals surface area contributed by atoms with Crippen molar-refractivity contribution in [3.63, 3.8) is 0 Å². The molecule has 10 rings (SSSR count). The molecule has 2 aliphatic rings. The summed E-state index contributed by atoms with van der Waals surface area (Å²) < 4.78 is 5.22. The van der Waals surface area contributed by atoms with E-state index in [9.17, 15) is 0 Å². The first-order valence-corrected chi connectivity index (χ1v) is 14.5. The van der Waals surface area contributed by atoms with E-state index in [0.29, 0.717) is 0 Å². The van der Waals surface area contributed by atoms with Crippen molar-refractivity contribution in [1.29, 1.82) is 0 Å². The molecular weight excluding hydrogens is 505 g/mol. The largest absolute Gasteiger partial charge is 0.421 e. The monoisotopic (exact) mass is 525 g/mol. The Morgan fingerprint density at radius 3 is 2.45 bits per heavy atom. The lowest BCUT2D eigenvalue weighted by atomic mass is 9.60. The van der Waals surface area contributed by atoms with Gasteiger partial charge in [0.2, 0.25) is 0 Å². The maximum atomic E-state index is 4.46. The van der Waals surface area contributed by atoms with Crippen molar-refractivity contribution in [1.82, 2.24) is 9.46 Å². The molecule has 0 unspecified atom stereocenters. The van der Waals surface area contributed by atoms with Crippen molar-refractivity contribution in [3.8, 4) is 22.3 Å². The SMILES string of the molecule is c1ccc2c(c1)B1N(c3ccc(-c4cccc5c4sc4ccccc45)cc3-2)c2cccc3c4cnccc4n1c23. The summed E-state index contributed by atoms with van der Waals surface area (Å²) in [5.41, 5.74) is 11.5. The zero-order chi connectivity index (χ0) is 25.9. The molecule has 3 aromatic heterocycles. The summed E-state index contributed by atoms with van der Waals surface area (Å²) in [5, 5.41) is 5.16. The van der Waals surface area contributed by atoms with Gasteiger partial charge in [0.15, 0.2) is 0 Å². The molecule has 0 atom stereocenters. The highest BCUT2D eigenvalue weighted by Crippen LogP contribution is 2.50. The number of nitrogens with zero attached hydrogens (tertiary/aromatic N) is 3. The average Bonchev–Trinajstić information content (AvgIpc) is 3.68. The fraction of sp³-hybridized carbons (Fsp3) is 0. The zero-order valence-electron chi connectivity index (χ0n) is 21.4. The number of aromatic nitrogens is 2. The molecule has 0 spiro atoms. The van der Waals surface area contributed by atoms with E-state index in [1.807, 2.05) is 23.7 Å². The van der Waals surface area contributed by atoms with E-state index in [1.165, 1.54) is 81.1 Å². The van der Waals surface area contributed by atoms with Gasteiger partial charge in [-0.3, -0.25) is 4.98 Å². The van der Waals surface area contributed by atoms with Crippen molar-refractivity contribution in [2.75, 3.05) is 4.81 Å². The third kappa shape index (κ3) is 2.49. The van der Waals surface area contributed by atoms with E-state index in [0.717, 1.165) is 0 Å². The highest BCUT2D eigenvalue weighted by molar-refractivity contribution is 7.26. The van der Waals surface area contributed by atoms with Crippen LogP contribution in [-0.2, 0) is 0 Å². The van der Waals surface area contributed by atoms with Gasteiger partial charge >= 0.3 is 6.98 Å². The second kappa shape index (κ2) is 7.41. The Labute approximate surface area is 234 Å². The highest BCUT2D eigenvalue weighted by Gasteiger charge is 2.44. The predicted molar refractivity (Wildman–Crippen MR) is 170 cm³/mol. The van der Waals surface area contributed by atoms with Gasteiger partial charge in [-0.05, 0) is 52.5 Å². The van der Waals surface area contributed by atoms with Crippen molar-refractivity contribution in [2.24, 2.45) is 0 Å². The highest BCUT2D eigenvalue weighted by atomic mass is 32.1. The molecule has 184 valence electrons. The number of pyridine rings is 1. The van der Waals surface area contributed by atoms with E-state index in [1.54, 1.807) is 0 Å². The average molecular weight is 525 g/mol. The van der Waals surface area contributed by atoms with Crippen LogP contribution in [0.4, 0.5) is 11.4 Å². The van der Waals surface area contributed by atoms with Gasteiger partial charge in [-0.1, -0.05) is 78.9 Å². The lowest BCUT2D eigenvalue weighted by Crippen LogP contribution is -2.51. The molecule has 0 bridgehead atoms. The number of rotatable bonds is 1. The summed E-state index contributed by atoms with van der Waals surface area (Å²) in [7, 11) is 0. The Kier molecular flexibility index (Phi) is 3.89. The smallest absolute Gasteiger partial charge is 0.359 e. The summed E-state index contributed by atoms with van der Waals surface area (Å²) >= 11 is 1.89. The molecular formula is C35H20BN3S. The number of para-hydroxylation sites is 1. The van der Waals surface area contributed by atoms with Crippen LogP contribution in [0.25, 0.3) is 64.2 Å². The third-order valence-electron chi connectivity index (χ3n) is 8.85. The Morgan fingerprint density at radius 1 is 0.625 bits per heavy atom. The van der Waals surface area contributed by atoms with Gasteiger partial charge in [0.25, 0.3) is 0 Å². The molecule has 0 N–H and O–H groups in total. The third-order valence-corrected chi connectivity index (χ3v) is 10.1. The normalized spacial score (nSPS) is 13.4. The maximum absolute atomic E-state index is 4.46. The van der Waals surface area contributed by atoms with Crippen LogP contribution in [0.2, 0.25) is 0 Å². The molecule has 0 radical (unpaired) electrons. The number of hydrogen-bond acceptors (Lipinski definition) is 3. The zero-order valence-corrected chi connectivity index (χ0v) is 22.2. The maximum Gasteiger partial charge on any atom is 0.421 e. The standard InChI is InChI=1S/C35H20BN3S/c1-3-12-29-23(7-1)27-19-21(22-9-5-11-26-24-8-2-4-14-33(24)40-35(22)26)15-16-30(27)38-32-13-6-10-25-28-20-37-18-17-31(28)39(34(25)32)36(29)38/h1-20H. The van der Waals surface area contributed by atoms with Gasteiger partial charge in [-0.25, -0.2) is 0 Å². The van der Waals surface area contributed by atoms with Crippen LogP contribution >= 0.6 is 11.3 Å². The van der Waals surface area contributed by atoms with E-state index in [2.05, 4.69) is 123 Å². The van der Waals surface area contributed by atoms with Crippen molar-refractivity contribution in [3.05, 3.63) is 122 Å². The van der Waals surface area contributed by atoms with E-state index in [-0.39, 0.29) is 6.98 Å². The minimum absolute atomic E-state index is 0.0698. The molecule has 0 fully saturated rings. The van der Waals surface area contributed by atoms with Gasteiger partial charge in [0.05, 0.1) is 11.2 Å². The van der Waals surface area contributed by atoms with Gasteiger partial charge in [0, 0.05) is 60.1 Å². The molecule has 5 aromatic carbocycles. The Hall–Kier alpha value is -4.87. The fourth-order valence-electron chi connectivity index (χ4n) is 7.23. The van der Waals surface area contributed by atoms with E-state index in [4.69, 9.17) is 0 Å². The first-order valence-electron chi connectivity index (χ1n) is 13.7. The first kappa shape index (κ1) is 21.0. The van der Waals surface area contributed by atoms with Crippen molar-refractivity contribution in [2.45, 2.75) is 0 Å². The van der Waals surface area contributed by atoms with Crippen LogP contribution in [0, 0.1) is 0 Å². The van der Waals surface area contributed by atoms with Crippen LogP contribution in [0.1, 0.15) is 0 Å². The first-order chi connectivity index (χ1) is 19.9. The van der Waals surface area contributed by atoms with Crippen molar-refractivity contribution < 1.29 is 0 Å². The minimum Gasteiger partial charge on any atom is -0.359 e. The van der Waals surface area contributed by atoms with Gasteiger partial charge in [-0.15, -0.1) is 11.3 Å². The summed E-state index contributed by atoms with van der Waals surface area (Å²) in [6, 6.07) is 40.4. The molecule has 0 saturated heterocycles. The van der Waals surface area contributed by atoms with Crippen LogP contribution in [-0.4, -0.2) is 16.4 Å². The molecule has 8 aromatic rings. The van der Waals surface area contributed by atoms with Gasteiger partial charge in [-0.2, -0.15) is 0 Å². The van der Waals surface area contributed by atoms with Crippen molar-refractivity contribution >= 4 is 77.1 Å². The molecule has 3 nitrogen and oxygen atoms in total. The molecule has 5 heterocycles. The van der Waals surface area contributed by atoms with Crippen LogP contribution in [0.3, 0.4) is 0 Å². The second-order valence-electron chi connectivity index (χ2n) is 10.8. The molecule has 40 heavy (non-hydrogen) atoms. The molecule has 0 amide bonds. The van der Waals surface area contributed by atoms with E-state index >= 15 is 0 Å². The summed E-state index contributed by atoms with van der Waals surface area (Å²) in [4.78, 5) is 7.01. The number of thiophene rings is 1. The Balaban J connectivity index is 1.26. The predicted octanol–water partition coefficient (Wildman–Crippen LogP) is 8.60. The lowest BCUT2D eigenvalue weighted by molar-refractivity contribution is 1.29. The lowest BCUT2D eigenvalue weighted by Gasteiger charge is -2.35. The van der Waals surface area contributed by atoms with E-state index < -0.39 is 0 Å². The van der Waals surface area contributed by atoms with Crippen LogP contribution in [0.15, 0.2) is 122 Å². The molecule has 2 aliphatic heterocycles. The molecule has 0 saturated carbocycles. The molecule has 0 aliphatic carbocycles. The topological polar surface area (TPSA) is 21.1 Å². The van der Waals surface area contributed by atoms with Gasteiger partial charge in [0.1, 0.15) is 0 Å². The van der Waals surface area contributed by atoms with Gasteiger partial charge < -0.3 is 9.29 Å². The Morgan fingerprint density at radius 2 is 1.45 bits per heavy atom. The second-order valence-corrected chi connectivity index (χ2v) is 11.8. The fourth-order valence-corrected chi connectivity index (χ4v) is 8.47. The molecule has 5 heteroatoms. The summed E-state index contributed by atoms with van der Waals surface area (Å²) in [6.07, 6.45) is 3.92. The summed E-state index contributed by atoms with van der Waals surface area (Å²) in [6.45, 7) is 0.0698. The number of anilines is 2. The van der Waals surface area contributed by atoms with Crippen LogP contribution < -0.4 is 10.3 Å². The number of hydrogen-bond donors (Lipinski definition) is 0. The van der Waals surface area contributed by atoms with Crippen LogP contribution in [0.5, 0.6) is 0 Å². The quantitative estimate of drug-likeness (QED) is 0.200. The Bertz CT molecular complexity index is 2370.